The first kappa shape index (κ1) is 9.82. The van der Waals surface area contributed by atoms with Crippen LogP contribution in [0.3, 0.4) is 0 Å². The number of aliphatic hydroxyl groups is 2. The summed E-state index contributed by atoms with van der Waals surface area (Å²) in [7, 11) is 0. The summed E-state index contributed by atoms with van der Waals surface area (Å²) in [5.74, 6) is 0.470. The van der Waals surface area contributed by atoms with Crippen molar-refractivity contribution in [3.63, 3.8) is 0 Å². The summed E-state index contributed by atoms with van der Waals surface area (Å²) in [4.78, 5) is 13.2. The van der Waals surface area contributed by atoms with E-state index in [1.165, 1.54) is 12.7 Å². The maximum atomic E-state index is 8.73. The fourth-order valence-electron chi connectivity index (χ4n) is 0.950. The van der Waals surface area contributed by atoms with Crippen molar-refractivity contribution in [3.05, 3.63) is 12.7 Å². The lowest BCUT2D eigenvalue weighted by atomic mass is 10.5. The van der Waals surface area contributed by atoms with Crippen LogP contribution in [0.5, 0.6) is 0 Å². The highest BCUT2D eigenvalue weighted by Gasteiger charge is 2.06. The lowest BCUT2D eigenvalue weighted by molar-refractivity contribution is 0.280. The average Bonchev–Trinajstić information content (AvgIpc) is 2.19. The van der Waals surface area contributed by atoms with Crippen molar-refractivity contribution in [3.8, 4) is 0 Å². The van der Waals surface area contributed by atoms with Crippen LogP contribution in [0.4, 0.5) is 5.95 Å². The third-order valence-corrected chi connectivity index (χ3v) is 1.50. The molecule has 1 aromatic heterocycles. The van der Waals surface area contributed by atoms with E-state index >= 15 is 0 Å². The molecule has 0 atom stereocenters. The van der Waals surface area contributed by atoms with Crippen molar-refractivity contribution in [1.82, 2.24) is 15.0 Å². The minimum Gasteiger partial charge on any atom is -0.395 e. The van der Waals surface area contributed by atoms with Gasteiger partial charge in [0.1, 0.15) is 12.7 Å². The van der Waals surface area contributed by atoms with E-state index in [4.69, 9.17) is 10.2 Å². The molecule has 0 aromatic carbocycles. The fraction of sp³-hybridized carbons (Fsp3) is 0.571. The van der Waals surface area contributed by atoms with Crippen LogP contribution < -0.4 is 4.90 Å². The molecule has 0 saturated heterocycles. The largest absolute Gasteiger partial charge is 0.395 e. The van der Waals surface area contributed by atoms with E-state index in [-0.39, 0.29) is 13.2 Å². The van der Waals surface area contributed by atoms with Gasteiger partial charge in [-0.25, -0.2) is 15.0 Å². The van der Waals surface area contributed by atoms with E-state index in [9.17, 15) is 0 Å². The van der Waals surface area contributed by atoms with Crippen molar-refractivity contribution < 1.29 is 10.2 Å². The van der Waals surface area contributed by atoms with Crippen LogP contribution in [0.1, 0.15) is 0 Å². The molecule has 2 N–H and O–H groups in total. The van der Waals surface area contributed by atoms with Crippen molar-refractivity contribution in [2.24, 2.45) is 0 Å². The zero-order valence-electron chi connectivity index (χ0n) is 7.17. The van der Waals surface area contributed by atoms with Gasteiger partial charge < -0.3 is 15.1 Å². The van der Waals surface area contributed by atoms with Gasteiger partial charge in [0.2, 0.25) is 5.95 Å². The molecule has 72 valence electrons. The van der Waals surface area contributed by atoms with Crippen LogP contribution in [0.2, 0.25) is 0 Å². The van der Waals surface area contributed by atoms with Crippen molar-refractivity contribution in [2.75, 3.05) is 31.2 Å². The standard InChI is InChI=1S/C7H12N4O2/c12-3-1-11(2-4-13)7-9-5-8-6-10-7/h5-6,12-13H,1-4H2. The summed E-state index contributed by atoms with van der Waals surface area (Å²) >= 11 is 0. The molecule has 0 amide bonds. The first-order chi connectivity index (χ1) is 6.38. The van der Waals surface area contributed by atoms with Crippen LogP contribution in [-0.2, 0) is 0 Å². The van der Waals surface area contributed by atoms with E-state index in [2.05, 4.69) is 15.0 Å². The van der Waals surface area contributed by atoms with E-state index in [0.717, 1.165) is 0 Å². The van der Waals surface area contributed by atoms with E-state index in [1.54, 1.807) is 4.90 Å². The number of nitrogens with zero attached hydrogens (tertiary/aromatic N) is 4. The van der Waals surface area contributed by atoms with E-state index in [0.29, 0.717) is 19.0 Å². The Bertz CT molecular complexity index is 225. The molecule has 0 unspecified atom stereocenters. The first-order valence-electron chi connectivity index (χ1n) is 3.97. The maximum Gasteiger partial charge on any atom is 0.228 e. The van der Waals surface area contributed by atoms with Crippen LogP contribution in [0, 0.1) is 0 Å². The van der Waals surface area contributed by atoms with E-state index in [1.807, 2.05) is 0 Å². The average molecular weight is 184 g/mol. The van der Waals surface area contributed by atoms with Gasteiger partial charge in [-0.15, -0.1) is 0 Å². The Labute approximate surface area is 75.9 Å². The Balaban J connectivity index is 2.64. The number of hydrogen-bond acceptors (Lipinski definition) is 6. The lowest BCUT2D eigenvalue weighted by Crippen LogP contribution is -2.31. The summed E-state index contributed by atoms with van der Waals surface area (Å²) in [6.45, 7) is 0.826. The molecule has 0 fully saturated rings. The van der Waals surface area contributed by atoms with Gasteiger partial charge in [-0.3, -0.25) is 0 Å². The predicted molar refractivity (Wildman–Crippen MR) is 46.2 cm³/mol. The second-order valence-corrected chi connectivity index (χ2v) is 2.37. The second kappa shape index (κ2) is 5.39. The normalized spacial score (nSPS) is 10.0. The number of aliphatic hydroxyl groups excluding tert-OH is 2. The molecule has 0 bridgehead atoms. The summed E-state index contributed by atoms with van der Waals surface area (Å²) in [5, 5.41) is 17.5. The highest BCUT2D eigenvalue weighted by atomic mass is 16.3. The van der Waals surface area contributed by atoms with E-state index < -0.39 is 0 Å². The molecule has 1 rings (SSSR count). The zero-order chi connectivity index (χ0) is 9.52. The Morgan fingerprint density at radius 2 is 1.62 bits per heavy atom. The van der Waals surface area contributed by atoms with Crippen LogP contribution in [-0.4, -0.2) is 51.5 Å². The Morgan fingerprint density at radius 3 is 2.08 bits per heavy atom. The second-order valence-electron chi connectivity index (χ2n) is 2.37. The molecule has 0 aliphatic carbocycles. The molecular formula is C7H12N4O2. The molecule has 1 heterocycles. The Kier molecular flexibility index (Phi) is 4.07. The zero-order valence-corrected chi connectivity index (χ0v) is 7.17. The number of aromatic nitrogens is 3. The van der Waals surface area contributed by atoms with Crippen molar-refractivity contribution in [1.29, 1.82) is 0 Å². The molecule has 6 heteroatoms. The number of hydrogen-bond donors (Lipinski definition) is 2. The minimum absolute atomic E-state index is 0.00564. The topological polar surface area (TPSA) is 82.4 Å². The predicted octanol–water partition coefficient (Wildman–Crippen LogP) is -1.34. The maximum absolute atomic E-state index is 8.73. The number of rotatable bonds is 5. The van der Waals surface area contributed by atoms with Gasteiger partial charge in [-0.05, 0) is 0 Å². The first-order valence-corrected chi connectivity index (χ1v) is 3.97. The summed E-state index contributed by atoms with van der Waals surface area (Å²) < 4.78 is 0. The molecule has 13 heavy (non-hydrogen) atoms. The lowest BCUT2D eigenvalue weighted by Gasteiger charge is -2.19. The SMILES string of the molecule is OCCN(CCO)c1ncncn1. The minimum atomic E-state index is 0.00564. The third kappa shape index (κ3) is 2.92. The molecule has 0 spiro atoms. The van der Waals surface area contributed by atoms with Gasteiger partial charge in [0.05, 0.1) is 13.2 Å². The molecule has 0 saturated carbocycles. The van der Waals surface area contributed by atoms with Gasteiger partial charge in [-0.1, -0.05) is 0 Å². The molecule has 0 radical (unpaired) electrons. The summed E-state index contributed by atoms with van der Waals surface area (Å²) in [5.41, 5.74) is 0. The number of anilines is 1. The highest BCUT2D eigenvalue weighted by Crippen LogP contribution is 2.01. The molecule has 0 aliphatic heterocycles. The van der Waals surface area contributed by atoms with Gasteiger partial charge in [0.25, 0.3) is 0 Å². The molecule has 6 nitrogen and oxygen atoms in total. The Morgan fingerprint density at radius 1 is 1.08 bits per heavy atom. The van der Waals surface area contributed by atoms with Crippen LogP contribution in [0.15, 0.2) is 12.7 Å². The quantitative estimate of drug-likeness (QED) is 0.589. The molecular weight excluding hydrogens is 172 g/mol. The smallest absolute Gasteiger partial charge is 0.228 e. The third-order valence-electron chi connectivity index (χ3n) is 1.50. The fourth-order valence-corrected chi connectivity index (χ4v) is 0.950. The summed E-state index contributed by atoms with van der Waals surface area (Å²) in [6, 6.07) is 0. The highest BCUT2D eigenvalue weighted by molar-refractivity contribution is 5.26. The van der Waals surface area contributed by atoms with Gasteiger partial charge in [0.15, 0.2) is 0 Å². The van der Waals surface area contributed by atoms with Gasteiger partial charge in [0, 0.05) is 13.1 Å². The van der Waals surface area contributed by atoms with Crippen LogP contribution >= 0.6 is 0 Å². The van der Waals surface area contributed by atoms with Gasteiger partial charge >= 0.3 is 0 Å². The van der Waals surface area contributed by atoms with Crippen molar-refractivity contribution in [2.45, 2.75) is 0 Å². The molecule has 0 aliphatic rings. The molecule has 1 aromatic rings. The monoisotopic (exact) mass is 184 g/mol. The summed E-state index contributed by atoms with van der Waals surface area (Å²) in [6.07, 6.45) is 2.76. The van der Waals surface area contributed by atoms with Crippen LogP contribution in [0.25, 0.3) is 0 Å². The van der Waals surface area contributed by atoms with Gasteiger partial charge in [-0.2, -0.15) is 0 Å². The van der Waals surface area contributed by atoms with Crippen molar-refractivity contribution >= 4 is 5.95 Å². The Hall–Kier alpha value is -1.27.